The number of hydrogen-bond donors (Lipinski definition) is 1. The topological polar surface area (TPSA) is 91.0 Å². The van der Waals surface area contributed by atoms with Crippen molar-refractivity contribution >= 4 is 27.4 Å². The summed E-state index contributed by atoms with van der Waals surface area (Å²) in [5, 5.41) is 13.1. The van der Waals surface area contributed by atoms with Gasteiger partial charge in [0.25, 0.3) is 0 Å². The summed E-state index contributed by atoms with van der Waals surface area (Å²) in [5.74, 6) is -0.0340. The van der Waals surface area contributed by atoms with Gasteiger partial charge < -0.3 is 23.7 Å². The molecular weight excluding hydrogens is 442 g/mol. The molecule has 0 bridgehead atoms. The third-order valence-corrected chi connectivity index (χ3v) is 6.04. The van der Waals surface area contributed by atoms with Crippen LogP contribution in [0.1, 0.15) is 28.6 Å². The van der Waals surface area contributed by atoms with Gasteiger partial charge in [-0.05, 0) is 36.5 Å². The number of fused-ring (bicyclic) bond motifs is 1. The van der Waals surface area contributed by atoms with Crippen molar-refractivity contribution in [2.45, 2.75) is 25.6 Å². The van der Waals surface area contributed by atoms with Crippen LogP contribution < -0.4 is 4.74 Å². The molecule has 0 spiro atoms. The Morgan fingerprint density at radius 2 is 2.06 bits per heavy atom. The molecule has 2 atom stereocenters. The Bertz CT molecular complexity index is 1420. The summed E-state index contributed by atoms with van der Waals surface area (Å²) in [6.07, 6.45) is -2.78. The maximum absolute atomic E-state index is 12.0. The van der Waals surface area contributed by atoms with E-state index >= 15 is 0 Å². The lowest BCUT2D eigenvalue weighted by molar-refractivity contribution is -0.159. The van der Waals surface area contributed by atoms with Crippen molar-refractivity contribution in [3.05, 3.63) is 70.9 Å². The lowest BCUT2D eigenvalue weighted by atomic mass is 10.0. The zero-order valence-electron chi connectivity index (χ0n) is 22.2. The minimum absolute atomic E-state index is 0.0794. The first-order valence-corrected chi connectivity index (χ1v) is 10.9. The standard InChI is InChI=1S/C25H25NO6S/c1-15-19(26-24(32-15)16-7-5-4-6-8-16)11-13-31-20-10-9-18(23-17(20)12-14-33-23)21(27)22(29-2)25(28)30-3/h4-10,12,14,21-22,27H,11,13H2,1-3H3/i7D,8D,13D2. The molecule has 0 aliphatic heterocycles. The number of methoxy groups -OCH3 is 2. The number of ether oxygens (including phenoxy) is 3. The average molecular weight is 472 g/mol. The Balaban J connectivity index is 1.60. The van der Waals surface area contributed by atoms with Crippen LogP contribution in [0.3, 0.4) is 0 Å². The third kappa shape index (κ3) is 4.78. The van der Waals surface area contributed by atoms with Gasteiger partial charge in [0.2, 0.25) is 5.89 Å². The third-order valence-electron chi connectivity index (χ3n) is 5.08. The molecule has 0 fully saturated rings. The van der Waals surface area contributed by atoms with E-state index in [1.807, 2.05) is 0 Å². The highest BCUT2D eigenvalue weighted by Gasteiger charge is 2.30. The fraction of sp³-hybridized carbons (Fsp3) is 0.280. The van der Waals surface area contributed by atoms with Crippen LogP contribution in [0.15, 0.2) is 58.3 Å². The summed E-state index contributed by atoms with van der Waals surface area (Å²) in [4.78, 5) is 16.4. The van der Waals surface area contributed by atoms with Gasteiger partial charge in [-0.2, -0.15) is 0 Å². The second-order valence-electron chi connectivity index (χ2n) is 7.08. The first-order chi connectivity index (χ1) is 17.6. The average Bonchev–Trinajstić information content (AvgIpc) is 3.46. The van der Waals surface area contributed by atoms with Crippen molar-refractivity contribution in [3.63, 3.8) is 0 Å². The van der Waals surface area contributed by atoms with Crippen LogP contribution >= 0.6 is 11.3 Å². The Morgan fingerprint density at radius 3 is 2.79 bits per heavy atom. The second-order valence-corrected chi connectivity index (χ2v) is 7.99. The molecule has 0 aliphatic rings. The van der Waals surface area contributed by atoms with Gasteiger partial charge in [0.05, 0.1) is 24.8 Å². The Labute approximate surface area is 201 Å². The molecule has 4 aromatic rings. The first kappa shape index (κ1) is 18.3. The molecule has 2 aromatic carbocycles. The van der Waals surface area contributed by atoms with Crippen molar-refractivity contribution in [1.29, 1.82) is 0 Å². The molecule has 172 valence electrons. The van der Waals surface area contributed by atoms with E-state index < -0.39 is 24.7 Å². The van der Waals surface area contributed by atoms with Crippen molar-refractivity contribution in [1.82, 2.24) is 4.98 Å². The van der Waals surface area contributed by atoms with Crippen molar-refractivity contribution in [3.8, 4) is 17.2 Å². The van der Waals surface area contributed by atoms with Gasteiger partial charge in [-0.3, -0.25) is 0 Å². The molecular formula is C25H25NO6S. The Morgan fingerprint density at radius 1 is 1.27 bits per heavy atom. The Kier molecular flexibility index (Phi) is 5.62. The van der Waals surface area contributed by atoms with E-state index in [2.05, 4.69) is 4.98 Å². The number of aryl methyl sites for hydroxylation is 2. The number of rotatable bonds is 9. The molecule has 0 aliphatic carbocycles. The first-order valence-electron chi connectivity index (χ1n) is 12.1. The van der Waals surface area contributed by atoms with Crippen molar-refractivity contribution < 1.29 is 34.0 Å². The summed E-state index contributed by atoms with van der Waals surface area (Å²) >= 11 is 1.31. The smallest absolute Gasteiger partial charge is 0.338 e. The number of benzene rings is 2. The number of thiophene rings is 1. The molecule has 0 radical (unpaired) electrons. The van der Waals surface area contributed by atoms with E-state index in [0.29, 0.717) is 27.1 Å². The fourth-order valence-corrected chi connectivity index (χ4v) is 4.33. The largest absolute Gasteiger partial charge is 0.493 e. The summed E-state index contributed by atoms with van der Waals surface area (Å²) in [5.41, 5.74) is 0.957. The summed E-state index contributed by atoms with van der Waals surface area (Å²) < 4.78 is 55.0. The van der Waals surface area contributed by atoms with Gasteiger partial charge in [-0.25, -0.2) is 9.78 Å². The summed E-state index contributed by atoms with van der Waals surface area (Å²) in [6.45, 7) is -0.557. The summed E-state index contributed by atoms with van der Waals surface area (Å²) in [6, 6.07) is 9.65. The van der Waals surface area contributed by atoms with E-state index in [9.17, 15) is 9.90 Å². The highest BCUT2D eigenvalue weighted by molar-refractivity contribution is 7.17. The van der Waals surface area contributed by atoms with Crippen molar-refractivity contribution in [2.75, 3.05) is 20.8 Å². The van der Waals surface area contributed by atoms with Crippen LogP contribution in [0.5, 0.6) is 5.75 Å². The highest BCUT2D eigenvalue weighted by Crippen LogP contribution is 2.37. The van der Waals surface area contributed by atoms with Gasteiger partial charge in [0.15, 0.2) is 6.10 Å². The van der Waals surface area contributed by atoms with Crippen LogP contribution in [0.4, 0.5) is 0 Å². The molecule has 1 N–H and O–H groups in total. The van der Waals surface area contributed by atoms with E-state index in [0.717, 1.165) is 0 Å². The molecule has 0 saturated heterocycles. The van der Waals surface area contributed by atoms with Crippen LogP contribution in [-0.2, 0) is 20.7 Å². The number of aliphatic hydroxyl groups is 1. The SMILES string of the molecule is [2H]c1cccc([2H])c1-c1nc(CC([2H])([2H])Oc2ccc(C(O)C(OC)C(=O)OC)c3sccc23)c(C)o1. The number of oxazole rings is 1. The maximum Gasteiger partial charge on any atom is 0.338 e. The number of hydrogen-bond acceptors (Lipinski definition) is 8. The van der Waals surface area contributed by atoms with E-state index in [-0.39, 0.29) is 35.7 Å². The molecule has 8 heteroatoms. The van der Waals surface area contributed by atoms with E-state index in [1.165, 1.54) is 43.8 Å². The number of carbonyl (C=O) groups is 1. The zero-order valence-corrected chi connectivity index (χ0v) is 19.1. The molecule has 0 saturated carbocycles. The van der Waals surface area contributed by atoms with E-state index in [1.54, 1.807) is 30.5 Å². The van der Waals surface area contributed by atoms with Crippen molar-refractivity contribution in [2.24, 2.45) is 0 Å². The normalized spacial score (nSPS) is 15.3. The fourth-order valence-electron chi connectivity index (χ4n) is 3.37. The van der Waals surface area contributed by atoms with E-state index in [4.69, 9.17) is 24.1 Å². The molecule has 2 aromatic heterocycles. The summed E-state index contributed by atoms with van der Waals surface area (Å²) in [7, 11) is 2.51. The van der Waals surface area contributed by atoms with Gasteiger partial charge in [0.1, 0.15) is 17.6 Å². The molecule has 33 heavy (non-hydrogen) atoms. The lowest BCUT2D eigenvalue weighted by Gasteiger charge is -2.20. The van der Waals surface area contributed by atoms with Gasteiger partial charge in [-0.15, -0.1) is 11.3 Å². The Hall–Kier alpha value is -3.20. The molecule has 7 nitrogen and oxygen atoms in total. The van der Waals surface area contributed by atoms with Gasteiger partial charge in [0, 0.05) is 34.7 Å². The number of carbonyl (C=O) groups excluding carboxylic acids is 1. The monoisotopic (exact) mass is 471 g/mol. The number of aliphatic hydroxyl groups excluding tert-OH is 1. The minimum Gasteiger partial charge on any atom is -0.493 e. The number of nitrogens with zero attached hydrogens (tertiary/aromatic N) is 1. The van der Waals surface area contributed by atoms with Crippen LogP contribution in [0.2, 0.25) is 0 Å². The predicted molar refractivity (Wildman–Crippen MR) is 125 cm³/mol. The predicted octanol–water partition coefficient (Wildman–Crippen LogP) is 4.71. The van der Waals surface area contributed by atoms with Gasteiger partial charge >= 0.3 is 5.97 Å². The van der Waals surface area contributed by atoms with Crippen LogP contribution in [0, 0.1) is 6.92 Å². The van der Waals surface area contributed by atoms with Crippen LogP contribution in [0.25, 0.3) is 21.5 Å². The zero-order chi connectivity index (χ0) is 26.9. The minimum atomic E-state index is -2.20. The molecule has 2 unspecified atom stereocenters. The highest BCUT2D eigenvalue weighted by atomic mass is 32.1. The maximum atomic E-state index is 12.0. The quantitative estimate of drug-likeness (QED) is 0.354. The lowest BCUT2D eigenvalue weighted by Crippen LogP contribution is -2.31. The molecule has 4 rings (SSSR count). The van der Waals surface area contributed by atoms with Crippen LogP contribution in [-0.4, -0.2) is 42.9 Å². The second kappa shape index (κ2) is 10.2. The molecule has 2 heterocycles. The molecule has 0 amide bonds. The number of aromatic nitrogens is 1. The van der Waals surface area contributed by atoms with Gasteiger partial charge in [-0.1, -0.05) is 24.3 Å². The number of esters is 1.